The molecule has 1 aromatic carbocycles. The molecule has 0 aliphatic carbocycles. The number of nitrogens with one attached hydrogen (secondary N) is 1. The Kier molecular flexibility index (Phi) is 9.03. The molecule has 12 heteroatoms. The van der Waals surface area contributed by atoms with Crippen molar-refractivity contribution < 1.29 is 38.0 Å². The molecule has 0 spiro atoms. The molecule has 0 saturated carbocycles. The summed E-state index contributed by atoms with van der Waals surface area (Å²) in [5, 5.41) is 11.8. The molecular formula is C25H27F3N4O5. The van der Waals surface area contributed by atoms with Crippen LogP contribution in [0.25, 0.3) is 11.1 Å². The van der Waals surface area contributed by atoms with Gasteiger partial charge in [0.05, 0.1) is 19.8 Å². The van der Waals surface area contributed by atoms with Gasteiger partial charge >= 0.3 is 6.18 Å². The van der Waals surface area contributed by atoms with Crippen LogP contribution < -0.4 is 15.0 Å². The SMILES string of the molecule is Cc1ccc(NC(=O)c2ccnc(C(F)(F)F)c2)cc1-c1cc(OCCO)nc(N2CCOCC2)c1.O. The van der Waals surface area contributed by atoms with Crippen molar-refractivity contribution in [1.82, 2.24) is 9.97 Å². The second-order valence-corrected chi connectivity index (χ2v) is 8.14. The van der Waals surface area contributed by atoms with Crippen LogP contribution >= 0.6 is 0 Å². The van der Waals surface area contributed by atoms with Crippen LogP contribution in [0.1, 0.15) is 21.6 Å². The number of carbonyl (C=O) groups excluding carboxylic acids is 1. The normalized spacial score (nSPS) is 13.6. The molecule has 0 atom stereocenters. The number of aromatic nitrogens is 2. The maximum absolute atomic E-state index is 13.0. The average molecular weight is 521 g/mol. The van der Waals surface area contributed by atoms with E-state index in [2.05, 4.69) is 20.2 Å². The molecule has 3 aromatic rings. The minimum Gasteiger partial charge on any atom is -0.475 e. The number of amides is 1. The number of carbonyl (C=O) groups is 1. The quantitative estimate of drug-likeness (QED) is 0.490. The Balaban J connectivity index is 0.00000380. The number of aliphatic hydroxyl groups excluding tert-OH is 1. The highest BCUT2D eigenvalue weighted by Gasteiger charge is 2.33. The van der Waals surface area contributed by atoms with Crippen molar-refractivity contribution in [2.24, 2.45) is 0 Å². The van der Waals surface area contributed by atoms with Crippen molar-refractivity contribution in [3.63, 3.8) is 0 Å². The number of aliphatic hydroxyl groups is 1. The number of pyridine rings is 2. The number of hydrogen-bond acceptors (Lipinski definition) is 7. The van der Waals surface area contributed by atoms with Crippen LogP contribution in [0.2, 0.25) is 0 Å². The van der Waals surface area contributed by atoms with Gasteiger partial charge in [-0.15, -0.1) is 0 Å². The van der Waals surface area contributed by atoms with E-state index in [4.69, 9.17) is 14.6 Å². The highest BCUT2D eigenvalue weighted by molar-refractivity contribution is 6.04. The highest BCUT2D eigenvalue weighted by Crippen LogP contribution is 2.32. The number of benzene rings is 1. The summed E-state index contributed by atoms with van der Waals surface area (Å²) in [5.41, 5.74) is 1.58. The summed E-state index contributed by atoms with van der Waals surface area (Å²) in [4.78, 5) is 22.6. The maximum atomic E-state index is 13.0. The topological polar surface area (TPSA) is 128 Å². The fourth-order valence-corrected chi connectivity index (χ4v) is 3.77. The standard InChI is InChI=1S/C25H25F3N4O4.H2O/c1-16-2-3-19(30-24(34)17-4-5-29-21(12-17)25(26,27)28)15-20(16)18-13-22(32-6-9-35-10-7-32)31-23(14-18)36-11-8-33;/h2-5,12-15,33H,6-11H2,1H3,(H,30,34);1H2. The summed E-state index contributed by atoms with van der Waals surface area (Å²) in [6.45, 7) is 4.30. The molecule has 198 valence electrons. The molecule has 4 rings (SSSR count). The van der Waals surface area contributed by atoms with E-state index in [1.54, 1.807) is 18.2 Å². The van der Waals surface area contributed by atoms with E-state index in [0.29, 0.717) is 49.8 Å². The van der Waals surface area contributed by atoms with Crippen LogP contribution in [-0.4, -0.2) is 66.0 Å². The molecule has 1 fully saturated rings. The molecule has 3 heterocycles. The number of aryl methyl sites for hydroxylation is 1. The van der Waals surface area contributed by atoms with Crippen LogP contribution in [0, 0.1) is 6.92 Å². The maximum Gasteiger partial charge on any atom is 0.433 e. The van der Waals surface area contributed by atoms with E-state index in [9.17, 15) is 18.0 Å². The number of ether oxygens (including phenoxy) is 2. The molecule has 1 amide bonds. The van der Waals surface area contributed by atoms with Gasteiger partial charge in [-0.3, -0.25) is 9.78 Å². The lowest BCUT2D eigenvalue weighted by Gasteiger charge is -2.28. The summed E-state index contributed by atoms with van der Waals surface area (Å²) >= 11 is 0. The smallest absolute Gasteiger partial charge is 0.433 e. The van der Waals surface area contributed by atoms with Crippen LogP contribution in [-0.2, 0) is 10.9 Å². The van der Waals surface area contributed by atoms with Crippen molar-refractivity contribution in [1.29, 1.82) is 0 Å². The Bertz CT molecular complexity index is 1230. The minimum atomic E-state index is -4.65. The lowest BCUT2D eigenvalue weighted by atomic mass is 10.00. The Labute approximate surface area is 211 Å². The van der Waals surface area contributed by atoms with Gasteiger partial charge in [0.25, 0.3) is 5.91 Å². The first-order valence-corrected chi connectivity index (χ1v) is 11.3. The molecule has 2 aromatic heterocycles. The van der Waals surface area contributed by atoms with Gasteiger partial charge in [0.15, 0.2) is 0 Å². The predicted octanol–water partition coefficient (Wildman–Crippen LogP) is 3.11. The van der Waals surface area contributed by atoms with Gasteiger partial charge in [-0.2, -0.15) is 18.2 Å². The second kappa shape index (κ2) is 12.0. The van der Waals surface area contributed by atoms with Gasteiger partial charge in [-0.1, -0.05) is 6.07 Å². The summed E-state index contributed by atoms with van der Waals surface area (Å²) in [7, 11) is 0. The number of halogens is 3. The molecule has 1 aliphatic rings. The zero-order valence-corrected chi connectivity index (χ0v) is 20.0. The van der Waals surface area contributed by atoms with Crippen molar-refractivity contribution in [3.8, 4) is 17.0 Å². The average Bonchev–Trinajstić information content (AvgIpc) is 2.88. The molecule has 1 saturated heterocycles. The molecule has 9 nitrogen and oxygen atoms in total. The molecule has 0 radical (unpaired) electrons. The third-order valence-corrected chi connectivity index (χ3v) is 5.58. The fraction of sp³-hybridized carbons (Fsp3) is 0.320. The summed E-state index contributed by atoms with van der Waals surface area (Å²) < 4.78 is 50.0. The first-order chi connectivity index (χ1) is 17.2. The van der Waals surface area contributed by atoms with Crippen LogP contribution in [0.3, 0.4) is 0 Å². The van der Waals surface area contributed by atoms with Crippen LogP contribution in [0.15, 0.2) is 48.7 Å². The van der Waals surface area contributed by atoms with E-state index in [0.717, 1.165) is 22.9 Å². The molecule has 4 N–H and O–H groups in total. The summed E-state index contributed by atoms with van der Waals surface area (Å²) in [6.07, 6.45) is -3.70. The number of rotatable bonds is 7. The summed E-state index contributed by atoms with van der Waals surface area (Å²) in [6, 6.07) is 10.8. The van der Waals surface area contributed by atoms with Crippen LogP contribution in [0.4, 0.5) is 24.7 Å². The molecule has 37 heavy (non-hydrogen) atoms. The lowest BCUT2D eigenvalue weighted by Crippen LogP contribution is -2.36. The molecule has 1 aliphatic heterocycles. The third kappa shape index (κ3) is 6.94. The monoisotopic (exact) mass is 520 g/mol. The van der Waals surface area contributed by atoms with E-state index >= 15 is 0 Å². The van der Waals surface area contributed by atoms with Crippen LogP contribution in [0.5, 0.6) is 5.88 Å². The number of anilines is 2. The van der Waals surface area contributed by atoms with E-state index in [1.165, 1.54) is 6.07 Å². The van der Waals surface area contributed by atoms with Crippen molar-refractivity contribution >= 4 is 17.4 Å². The van der Waals surface area contributed by atoms with Gasteiger partial charge < -0.3 is 30.3 Å². The summed E-state index contributed by atoms with van der Waals surface area (Å²) in [5.74, 6) is 0.343. The molecule has 0 unspecified atom stereocenters. The lowest BCUT2D eigenvalue weighted by molar-refractivity contribution is -0.141. The van der Waals surface area contributed by atoms with Gasteiger partial charge in [-0.25, -0.2) is 0 Å². The van der Waals surface area contributed by atoms with Gasteiger partial charge in [0.2, 0.25) is 5.88 Å². The Hall–Kier alpha value is -3.74. The molecule has 0 bridgehead atoms. The van der Waals surface area contributed by atoms with Gasteiger partial charge in [0.1, 0.15) is 18.1 Å². The first kappa shape index (κ1) is 27.8. The largest absolute Gasteiger partial charge is 0.475 e. The predicted molar refractivity (Wildman–Crippen MR) is 131 cm³/mol. The van der Waals surface area contributed by atoms with E-state index in [-0.39, 0.29) is 24.3 Å². The van der Waals surface area contributed by atoms with Crippen molar-refractivity contribution in [2.75, 3.05) is 49.7 Å². The zero-order valence-electron chi connectivity index (χ0n) is 20.0. The van der Waals surface area contributed by atoms with E-state index < -0.39 is 17.8 Å². The van der Waals surface area contributed by atoms with Crippen molar-refractivity contribution in [3.05, 3.63) is 65.5 Å². The zero-order chi connectivity index (χ0) is 25.7. The Morgan fingerprint density at radius 2 is 1.92 bits per heavy atom. The van der Waals surface area contributed by atoms with Crippen molar-refractivity contribution in [2.45, 2.75) is 13.1 Å². The van der Waals surface area contributed by atoms with Gasteiger partial charge in [-0.05, 0) is 53.9 Å². The molecular weight excluding hydrogens is 493 g/mol. The van der Waals surface area contributed by atoms with Gasteiger partial charge in [0, 0.05) is 36.6 Å². The number of morpholine rings is 1. The fourth-order valence-electron chi connectivity index (χ4n) is 3.77. The van der Waals surface area contributed by atoms with E-state index in [1.807, 2.05) is 19.1 Å². The Morgan fingerprint density at radius 1 is 1.16 bits per heavy atom. The highest BCUT2D eigenvalue weighted by atomic mass is 19.4. The minimum absolute atomic E-state index is 0. The number of alkyl halides is 3. The third-order valence-electron chi connectivity index (χ3n) is 5.58. The second-order valence-electron chi connectivity index (χ2n) is 8.14. The number of hydrogen-bond donors (Lipinski definition) is 2. The Morgan fingerprint density at radius 3 is 2.62 bits per heavy atom. The first-order valence-electron chi connectivity index (χ1n) is 11.3. The number of nitrogens with zero attached hydrogens (tertiary/aromatic N) is 3.